The van der Waals surface area contributed by atoms with Gasteiger partial charge in [-0.25, -0.2) is 9.37 Å². The number of halogens is 1. The minimum Gasteiger partial charge on any atom is -0.381 e. The maximum absolute atomic E-state index is 13.4. The Balaban J connectivity index is 2.17. The van der Waals surface area contributed by atoms with Crippen LogP contribution >= 0.6 is 0 Å². The van der Waals surface area contributed by atoms with E-state index >= 15 is 0 Å². The number of ether oxygens (including phenoxy) is 1. The van der Waals surface area contributed by atoms with Crippen LogP contribution in [0.3, 0.4) is 0 Å². The molecule has 0 atom stereocenters. The highest BCUT2D eigenvalue weighted by Crippen LogP contribution is 2.31. The van der Waals surface area contributed by atoms with E-state index < -0.39 is 5.54 Å². The Kier molecular flexibility index (Phi) is 3.03. The van der Waals surface area contributed by atoms with Gasteiger partial charge in [-0.15, -0.1) is 0 Å². The second-order valence-electron chi connectivity index (χ2n) is 5.08. The number of nitrogens with two attached hydrogens (primary N) is 1. The number of rotatable bonds is 2. The number of benzene rings is 1. The third-order valence-corrected chi connectivity index (χ3v) is 3.86. The Morgan fingerprint density at radius 1 is 1.42 bits per heavy atom. The Hall–Kier alpha value is -1.46. The summed E-state index contributed by atoms with van der Waals surface area (Å²) in [6, 6.07) is 4.67. The lowest BCUT2D eigenvalue weighted by molar-refractivity contribution is 0.0481. The molecule has 1 aliphatic heterocycles. The number of nitrogens with zero attached hydrogens (tertiary/aromatic N) is 2. The molecule has 4 nitrogen and oxygen atoms in total. The summed E-state index contributed by atoms with van der Waals surface area (Å²) in [6.45, 7) is 4.06. The van der Waals surface area contributed by atoms with E-state index in [1.54, 1.807) is 6.07 Å². The summed E-state index contributed by atoms with van der Waals surface area (Å²) in [5.74, 6) is 0.602. The molecule has 0 spiro atoms. The second-order valence-corrected chi connectivity index (χ2v) is 5.08. The Labute approximate surface area is 111 Å². The molecule has 1 aliphatic rings. The quantitative estimate of drug-likeness (QED) is 0.903. The first kappa shape index (κ1) is 12.6. The molecule has 0 unspecified atom stereocenters. The summed E-state index contributed by atoms with van der Waals surface area (Å²) in [5.41, 5.74) is 7.65. The first-order valence-electron chi connectivity index (χ1n) is 6.67. The minimum absolute atomic E-state index is 0.244. The van der Waals surface area contributed by atoms with Crippen LogP contribution in [0.15, 0.2) is 18.2 Å². The summed E-state index contributed by atoms with van der Waals surface area (Å²) in [7, 11) is 0. The lowest BCUT2D eigenvalue weighted by Crippen LogP contribution is -2.44. The molecule has 0 saturated carbocycles. The molecule has 2 aromatic rings. The van der Waals surface area contributed by atoms with Gasteiger partial charge in [0.25, 0.3) is 0 Å². The Bertz CT molecular complexity index is 602. The van der Waals surface area contributed by atoms with Crippen molar-refractivity contribution < 1.29 is 9.13 Å². The number of hydrogen-bond acceptors (Lipinski definition) is 3. The van der Waals surface area contributed by atoms with E-state index in [1.165, 1.54) is 12.1 Å². The predicted octanol–water partition coefficient (Wildman–Crippen LogP) is 2.16. The zero-order valence-electron chi connectivity index (χ0n) is 11.0. The van der Waals surface area contributed by atoms with Crippen LogP contribution in [0.2, 0.25) is 0 Å². The van der Waals surface area contributed by atoms with Crippen molar-refractivity contribution >= 4 is 11.0 Å². The van der Waals surface area contributed by atoms with Crippen LogP contribution in [0.4, 0.5) is 4.39 Å². The zero-order valence-corrected chi connectivity index (χ0v) is 11.0. The van der Waals surface area contributed by atoms with Crippen molar-refractivity contribution in [2.75, 3.05) is 13.2 Å². The number of aryl methyl sites for hydroxylation is 1. The average molecular weight is 263 g/mol. The minimum atomic E-state index is -0.468. The third kappa shape index (κ3) is 2.03. The normalized spacial score (nSPS) is 18.9. The van der Waals surface area contributed by atoms with E-state index in [4.69, 9.17) is 10.5 Å². The van der Waals surface area contributed by atoms with E-state index in [0.29, 0.717) is 13.2 Å². The maximum Gasteiger partial charge on any atom is 0.130 e. The van der Waals surface area contributed by atoms with E-state index in [2.05, 4.69) is 4.98 Å². The predicted molar refractivity (Wildman–Crippen MR) is 71.3 cm³/mol. The molecule has 0 bridgehead atoms. The second kappa shape index (κ2) is 4.58. The van der Waals surface area contributed by atoms with Crippen LogP contribution in [0.25, 0.3) is 11.0 Å². The van der Waals surface area contributed by atoms with Gasteiger partial charge in [0, 0.05) is 19.8 Å². The molecule has 2 N–H and O–H groups in total. The van der Waals surface area contributed by atoms with Gasteiger partial charge in [0.15, 0.2) is 0 Å². The molecule has 0 amide bonds. The van der Waals surface area contributed by atoms with Gasteiger partial charge in [0.1, 0.15) is 11.6 Å². The topological polar surface area (TPSA) is 53.1 Å². The fourth-order valence-corrected chi connectivity index (χ4v) is 2.76. The molecule has 0 aliphatic carbocycles. The average Bonchev–Trinajstić information content (AvgIpc) is 2.78. The van der Waals surface area contributed by atoms with Gasteiger partial charge in [-0.05, 0) is 38.0 Å². The summed E-state index contributed by atoms with van der Waals surface area (Å²) < 4.78 is 20.8. The van der Waals surface area contributed by atoms with Crippen molar-refractivity contribution in [1.82, 2.24) is 9.55 Å². The summed E-state index contributed by atoms with van der Waals surface area (Å²) in [4.78, 5) is 4.64. The molecule has 1 saturated heterocycles. The first-order valence-corrected chi connectivity index (χ1v) is 6.67. The Morgan fingerprint density at radius 3 is 2.84 bits per heavy atom. The molecule has 1 fully saturated rings. The van der Waals surface area contributed by atoms with E-state index in [-0.39, 0.29) is 5.82 Å². The van der Waals surface area contributed by atoms with E-state index in [1.807, 2.05) is 11.5 Å². The number of fused-ring (bicyclic) bond motifs is 1. The van der Waals surface area contributed by atoms with Crippen LogP contribution < -0.4 is 5.73 Å². The standard InChI is InChI=1S/C14H18FN3O/c1-2-18-12-9-10(15)3-4-11(12)17-13(18)14(16)5-7-19-8-6-14/h3-4,9H,2,5-8,16H2,1H3. The highest BCUT2D eigenvalue weighted by atomic mass is 19.1. The van der Waals surface area contributed by atoms with E-state index in [9.17, 15) is 4.39 Å². The first-order chi connectivity index (χ1) is 9.14. The van der Waals surface area contributed by atoms with E-state index in [0.717, 1.165) is 36.2 Å². The van der Waals surface area contributed by atoms with Crippen molar-refractivity contribution in [3.63, 3.8) is 0 Å². The van der Waals surface area contributed by atoms with Gasteiger partial charge in [-0.3, -0.25) is 0 Å². The molecule has 19 heavy (non-hydrogen) atoms. The molecule has 102 valence electrons. The van der Waals surface area contributed by atoms with Crippen LogP contribution in [0.1, 0.15) is 25.6 Å². The molecule has 1 aromatic carbocycles. The van der Waals surface area contributed by atoms with Gasteiger partial charge >= 0.3 is 0 Å². The highest BCUT2D eigenvalue weighted by molar-refractivity contribution is 5.76. The van der Waals surface area contributed by atoms with Gasteiger partial charge in [0.05, 0.1) is 16.6 Å². The van der Waals surface area contributed by atoms with Crippen molar-refractivity contribution in [2.45, 2.75) is 31.8 Å². The van der Waals surface area contributed by atoms with Gasteiger partial charge in [0.2, 0.25) is 0 Å². The number of imidazole rings is 1. The van der Waals surface area contributed by atoms with Gasteiger partial charge in [-0.2, -0.15) is 0 Å². The lowest BCUT2D eigenvalue weighted by Gasteiger charge is -2.33. The zero-order chi connectivity index (χ0) is 13.5. The molecule has 5 heteroatoms. The number of aromatic nitrogens is 2. The van der Waals surface area contributed by atoms with Crippen LogP contribution in [0, 0.1) is 5.82 Å². The molecule has 2 heterocycles. The smallest absolute Gasteiger partial charge is 0.130 e. The van der Waals surface area contributed by atoms with Crippen LogP contribution in [-0.4, -0.2) is 22.8 Å². The van der Waals surface area contributed by atoms with Crippen molar-refractivity contribution in [3.8, 4) is 0 Å². The summed E-state index contributed by atoms with van der Waals surface area (Å²) >= 11 is 0. The Morgan fingerprint density at radius 2 is 2.16 bits per heavy atom. The maximum atomic E-state index is 13.4. The SMILES string of the molecule is CCn1c(C2(N)CCOCC2)nc2ccc(F)cc21. The molecular formula is C14H18FN3O. The fourth-order valence-electron chi connectivity index (χ4n) is 2.76. The molecule has 3 rings (SSSR count). The molecule has 1 aromatic heterocycles. The van der Waals surface area contributed by atoms with Gasteiger partial charge < -0.3 is 15.0 Å². The van der Waals surface area contributed by atoms with Crippen LogP contribution in [-0.2, 0) is 16.8 Å². The monoisotopic (exact) mass is 263 g/mol. The summed E-state index contributed by atoms with van der Waals surface area (Å²) in [6.07, 6.45) is 1.50. The van der Waals surface area contributed by atoms with Gasteiger partial charge in [-0.1, -0.05) is 0 Å². The summed E-state index contributed by atoms with van der Waals surface area (Å²) in [5, 5.41) is 0. The largest absolute Gasteiger partial charge is 0.381 e. The van der Waals surface area contributed by atoms with Crippen molar-refractivity contribution in [1.29, 1.82) is 0 Å². The number of hydrogen-bond donors (Lipinski definition) is 1. The molecule has 0 radical (unpaired) electrons. The third-order valence-electron chi connectivity index (χ3n) is 3.86. The molecular weight excluding hydrogens is 245 g/mol. The highest BCUT2D eigenvalue weighted by Gasteiger charge is 2.35. The van der Waals surface area contributed by atoms with Crippen molar-refractivity contribution in [3.05, 3.63) is 29.8 Å². The fraction of sp³-hybridized carbons (Fsp3) is 0.500. The van der Waals surface area contributed by atoms with Crippen molar-refractivity contribution in [2.24, 2.45) is 5.73 Å². The van der Waals surface area contributed by atoms with Crippen LogP contribution in [0.5, 0.6) is 0 Å². The lowest BCUT2D eigenvalue weighted by atomic mass is 9.90.